The lowest BCUT2D eigenvalue weighted by atomic mass is 10.1. The summed E-state index contributed by atoms with van der Waals surface area (Å²) in [6, 6.07) is 15.1. The van der Waals surface area contributed by atoms with Crippen LogP contribution in [0, 0.1) is 0 Å². The number of para-hydroxylation sites is 2. The molecule has 0 radical (unpaired) electrons. The second kappa shape index (κ2) is 9.11. The highest BCUT2D eigenvalue weighted by atomic mass is 35.5. The lowest BCUT2D eigenvalue weighted by molar-refractivity contribution is 0.0997. The smallest absolute Gasteiger partial charge is 0.291 e. The number of nitrogens with one attached hydrogen (secondary N) is 1. The molecule has 1 aromatic carbocycles. The minimum absolute atomic E-state index is 0.200. The van der Waals surface area contributed by atoms with Crippen LogP contribution >= 0.6 is 11.6 Å². The number of pyridine rings is 1. The number of piperazine rings is 1. The molecule has 1 fully saturated rings. The summed E-state index contributed by atoms with van der Waals surface area (Å²) >= 11 is 5.78. The molecule has 0 saturated carbocycles. The van der Waals surface area contributed by atoms with Crippen LogP contribution in [0.15, 0.2) is 65.3 Å². The second-order valence-corrected chi connectivity index (χ2v) is 7.38. The van der Waals surface area contributed by atoms with Gasteiger partial charge in [0.05, 0.1) is 11.4 Å². The molecule has 150 valence electrons. The van der Waals surface area contributed by atoms with E-state index in [2.05, 4.69) is 32.2 Å². The summed E-state index contributed by atoms with van der Waals surface area (Å²) in [5, 5.41) is 3.14. The molecule has 3 aromatic rings. The number of anilines is 2. The number of hydrogen-bond acceptors (Lipinski definition) is 5. The molecule has 2 aromatic heterocycles. The standard InChI is InChI=1S/C22H23ClN4O2/c23-21-6-5-20(29-21)22(28)25-18-3-1-2-4-19(18)27-15-13-26(14-16-27)12-9-17-7-10-24-11-8-17/h1-8,10-11H,9,12-16H2,(H,25,28). The second-order valence-electron chi connectivity index (χ2n) is 7.01. The fourth-order valence-electron chi connectivity index (χ4n) is 3.52. The summed E-state index contributed by atoms with van der Waals surface area (Å²) in [7, 11) is 0. The maximum atomic E-state index is 12.4. The third kappa shape index (κ3) is 4.96. The van der Waals surface area contributed by atoms with E-state index >= 15 is 0 Å². The average Bonchev–Trinajstić information content (AvgIpc) is 3.20. The first-order valence-corrected chi connectivity index (χ1v) is 10.1. The van der Waals surface area contributed by atoms with Crippen molar-refractivity contribution in [2.75, 3.05) is 42.9 Å². The molecular weight excluding hydrogens is 388 g/mol. The van der Waals surface area contributed by atoms with Crippen molar-refractivity contribution >= 4 is 28.9 Å². The van der Waals surface area contributed by atoms with Gasteiger partial charge in [-0.1, -0.05) is 12.1 Å². The van der Waals surface area contributed by atoms with Crippen molar-refractivity contribution in [1.82, 2.24) is 9.88 Å². The SMILES string of the molecule is O=C(Nc1ccccc1N1CCN(CCc2ccncc2)CC1)c1ccc(Cl)o1. The van der Waals surface area contributed by atoms with Crippen molar-refractivity contribution in [1.29, 1.82) is 0 Å². The molecule has 0 aliphatic carbocycles. The molecule has 1 saturated heterocycles. The average molecular weight is 411 g/mol. The molecular formula is C22H23ClN4O2. The van der Waals surface area contributed by atoms with Gasteiger partial charge in [-0.15, -0.1) is 0 Å². The van der Waals surface area contributed by atoms with Crippen LogP contribution in [0.3, 0.4) is 0 Å². The summed E-state index contributed by atoms with van der Waals surface area (Å²) in [4.78, 5) is 21.3. The third-order valence-corrected chi connectivity index (χ3v) is 5.33. The van der Waals surface area contributed by atoms with E-state index in [0.29, 0.717) is 0 Å². The maximum absolute atomic E-state index is 12.4. The van der Waals surface area contributed by atoms with E-state index in [4.69, 9.17) is 16.0 Å². The molecule has 0 bridgehead atoms. The van der Waals surface area contributed by atoms with Gasteiger partial charge >= 0.3 is 0 Å². The van der Waals surface area contributed by atoms with Gasteiger partial charge < -0.3 is 14.6 Å². The van der Waals surface area contributed by atoms with Gasteiger partial charge in [0.15, 0.2) is 11.0 Å². The van der Waals surface area contributed by atoms with Gasteiger partial charge in [0.2, 0.25) is 0 Å². The predicted molar refractivity (Wildman–Crippen MR) is 115 cm³/mol. The van der Waals surface area contributed by atoms with Crippen molar-refractivity contribution in [3.05, 3.63) is 77.5 Å². The van der Waals surface area contributed by atoms with Crippen molar-refractivity contribution in [2.24, 2.45) is 0 Å². The summed E-state index contributed by atoms with van der Waals surface area (Å²) in [6.45, 7) is 4.84. The Balaban J connectivity index is 1.35. The zero-order valence-corrected chi connectivity index (χ0v) is 16.8. The van der Waals surface area contributed by atoms with E-state index in [9.17, 15) is 4.79 Å². The quantitative estimate of drug-likeness (QED) is 0.666. The molecule has 1 aliphatic heterocycles. The van der Waals surface area contributed by atoms with Crippen LogP contribution in [0.2, 0.25) is 5.22 Å². The van der Waals surface area contributed by atoms with Gasteiger partial charge in [-0.2, -0.15) is 0 Å². The van der Waals surface area contributed by atoms with Crippen LogP contribution in [0.5, 0.6) is 0 Å². The van der Waals surface area contributed by atoms with E-state index in [-0.39, 0.29) is 16.9 Å². The van der Waals surface area contributed by atoms with Crippen molar-refractivity contribution in [3.63, 3.8) is 0 Å². The van der Waals surface area contributed by atoms with Crippen LogP contribution in [-0.4, -0.2) is 48.5 Å². The first-order chi connectivity index (χ1) is 14.2. The highest BCUT2D eigenvalue weighted by Crippen LogP contribution is 2.27. The number of furan rings is 1. The molecule has 6 nitrogen and oxygen atoms in total. The number of rotatable bonds is 6. The number of benzene rings is 1. The number of hydrogen-bond donors (Lipinski definition) is 1. The summed E-state index contributed by atoms with van der Waals surface area (Å²) in [5.41, 5.74) is 3.11. The van der Waals surface area contributed by atoms with Gasteiger partial charge in [-0.05, 0) is 60.0 Å². The number of nitrogens with zero attached hydrogens (tertiary/aromatic N) is 3. The Kier molecular flexibility index (Phi) is 6.12. The molecule has 3 heterocycles. The Morgan fingerprint density at radius 2 is 1.79 bits per heavy atom. The topological polar surface area (TPSA) is 61.6 Å². The minimum Gasteiger partial charge on any atom is -0.440 e. The van der Waals surface area contributed by atoms with Crippen molar-refractivity contribution in [3.8, 4) is 0 Å². The van der Waals surface area contributed by atoms with Crippen LogP contribution in [-0.2, 0) is 6.42 Å². The fourth-order valence-corrected chi connectivity index (χ4v) is 3.67. The highest BCUT2D eigenvalue weighted by molar-refractivity contribution is 6.29. The zero-order valence-electron chi connectivity index (χ0n) is 16.1. The Morgan fingerprint density at radius 1 is 1.03 bits per heavy atom. The number of halogens is 1. The molecule has 7 heteroatoms. The van der Waals surface area contributed by atoms with Crippen molar-refractivity contribution in [2.45, 2.75) is 6.42 Å². The first-order valence-electron chi connectivity index (χ1n) is 9.71. The van der Waals surface area contributed by atoms with E-state index < -0.39 is 0 Å². The molecule has 1 N–H and O–H groups in total. The molecule has 1 amide bonds. The largest absolute Gasteiger partial charge is 0.440 e. The molecule has 4 rings (SSSR count). The van der Waals surface area contributed by atoms with E-state index in [0.717, 1.165) is 50.5 Å². The van der Waals surface area contributed by atoms with Gasteiger partial charge in [0.25, 0.3) is 5.91 Å². The number of aromatic nitrogens is 1. The number of amides is 1. The Labute approximate surface area is 175 Å². The van der Waals surface area contributed by atoms with Gasteiger partial charge in [-0.3, -0.25) is 14.7 Å². The van der Waals surface area contributed by atoms with Gasteiger partial charge in [-0.25, -0.2) is 0 Å². The number of carbonyl (C=O) groups is 1. The molecule has 1 aliphatic rings. The normalized spacial score (nSPS) is 14.7. The van der Waals surface area contributed by atoms with Crippen LogP contribution in [0.25, 0.3) is 0 Å². The minimum atomic E-state index is -0.305. The third-order valence-electron chi connectivity index (χ3n) is 5.13. The van der Waals surface area contributed by atoms with Crippen LogP contribution in [0.4, 0.5) is 11.4 Å². The van der Waals surface area contributed by atoms with E-state index in [1.165, 1.54) is 5.56 Å². The van der Waals surface area contributed by atoms with Crippen LogP contribution in [0.1, 0.15) is 16.1 Å². The lowest BCUT2D eigenvalue weighted by Crippen LogP contribution is -2.47. The van der Waals surface area contributed by atoms with Crippen LogP contribution < -0.4 is 10.2 Å². The monoisotopic (exact) mass is 410 g/mol. The fraction of sp³-hybridized carbons (Fsp3) is 0.273. The highest BCUT2D eigenvalue weighted by Gasteiger charge is 2.20. The Hall–Kier alpha value is -2.83. The van der Waals surface area contributed by atoms with Gasteiger partial charge in [0.1, 0.15) is 0 Å². The Bertz CT molecular complexity index is 952. The predicted octanol–water partition coefficient (Wildman–Crippen LogP) is 3.95. The molecule has 0 atom stereocenters. The first kappa shape index (κ1) is 19.5. The maximum Gasteiger partial charge on any atom is 0.291 e. The van der Waals surface area contributed by atoms with E-state index in [1.807, 2.05) is 36.7 Å². The number of carbonyl (C=O) groups excluding carboxylic acids is 1. The zero-order chi connectivity index (χ0) is 20.1. The van der Waals surface area contributed by atoms with Crippen molar-refractivity contribution < 1.29 is 9.21 Å². The lowest BCUT2D eigenvalue weighted by Gasteiger charge is -2.37. The van der Waals surface area contributed by atoms with Gasteiger partial charge in [0, 0.05) is 45.1 Å². The summed E-state index contributed by atoms with van der Waals surface area (Å²) < 4.78 is 5.21. The molecule has 0 unspecified atom stereocenters. The molecule has 0 spiro atoms. The molecule has 29 heavy (non-hydrogen) atoms. The summed E-state index contributed by atoms with van der Waals surface area (Å²) in [5.74, 6) is -0.105. The Morgan fingerprint density at radius 3 is 2.52 bits per heavy atom. The van der Waals surface area contributed by atoms with E-state index in [1.54, 1.807) is 12.1 Å². The summed E-state index contributed by atoms with van der Waals surface area (Å²) in [6.07, 6.45) is 4.71.